The Morgan fingerprint density at radius 2 is 2.05 bits per heavy atom. The first-order chi connectivity index (χ1) is 10.0. The third-order valence-corrected chi connectivity index (χ3v) is 4.30. The van der Waals surface area contributed by atoms with Gasteiger partial charge in [0.25, 0.3) is 5.78 Å². The number of esters is 2. The van der Waals surface area contributed by atoms with Crippen molar-refractivity contribution in [2.75, 3.05) is 13.7 Å². The summed E-state index contributed by atoms with van der Waals surface area (Å²) in [6.07, 6.45) is 1.01. The number of fused-ring (bicyclic) bond motifs is 3. The zero-order valence-corrected chi connectivity index (χ0v) is 12.3. The molecule has 1 aliphatic carbocycles. The molecule has 3 rings (SSSR count). The number of ether oxygens (including phenoxy) is 2. The van der Waals surface area contributed by atoms with E-state index in [1.54, 1.807) is 13.8 Å². The quantitative estimate of drug-likeness (QED) is 0.477. The lowest BCUT2D eigenvalue weighted by Crippen LogP contribution is -2.19. The molecule has 1 saturated carbocycles. The van der Waals surface area contributed by atoms with E-state index in [2.05, 4.69) is 0 Å². The molecule has 21 heavy (non-hydrogen) atoms. The molecule has 2 aliphatic rings. The van der Waals surface area contributed by atoms with Gasteiger partial charge < -0.3 is 14.0 Å². The summed E-state index contributed by atoms with van der Waals surface area (Å²) in [4.78, 5) is 36.1. The second kappa shape index (κ2) is 4.72. The first-order valence-electron chi connectivity index (χ1n) is 7.03. The zero-order chi connectivity index (χ0) is 15.3. The maximum Gasteiger partial charge on any atom is 0.379 e. The molecule has 112 valence electrons. The fraction of sp³-hybridized carbons (Fsp3) is 0.533. The van der Waals surface area contributed by atoms with Gasteiger partial charge >= 0.3 is 11.9 Å². The largest absolute Gasteiger partial charge is 0.464 e. The number of Topliss-reactive ketones (excluding diaryl/α,β-unsaturated/α-hetero) is 1. The molecule has 1 aromatic heterocycles. The van der Waals surface area contributed by atoms with Crippen molar-refractivity contribution < 1.29 is 23.9 Å². The van der Waals surface area contributed by atoms with Crippen molar-refractivity contribution in [3.63, 3.8) is 0 Å². The van der Waals surface area contributed by atoms with E-state index in [1.165, 1.54) is 7.11 Å². The second-order valence-electron chi connectivity index (χ2n) is 5.49. The summed E-state index contributed by atoms with van der Waals surface area (Å²) in [6.45, 7) is 4.19. The summed E-state index contributed by atoms with van der Waals surface area (Å²) in [5.41, 5.74) is 2.03. The minimum atomic E-state index is -0.866. The fourth-order valence-electron chi connectivity index (χ4n) is 3.31. The van der Waals surface area contributed by atoms with Crippen LogP contribution >= 0.6 is 0 Å². The highest BCUT2D eigenvalue weighted by Crippen LogP contribution is 2.56. The Kier molecular flexibility index (Phi) is 3.11. The maximum atomic E-state index is 12.4. The maximum absolute atomic E-state index is 12.4. The van der Waals surface area contributed by atoms with Crippen molar-refractivity contribution in [2.24, 2.45) is 5.92 Å². The summed E-state index contributed by atoms with van der Waals surface area (Å²) in [5.74, 6) is -1.26. The molecule has 1 fully saturated rings. The van der Waals surface area contributed by atoms with Crippen molar-refractivity contribution in [3.8, 4) is 0 Å². The summed E-state index contributed by atoms with van der Waals surface area (Å²) in [5, 5.41) is 0. The van der Waals surface area contributed by atoms with Crippen LogP contribution in [0.5, 0.6) is 0 Å². The molecule has 0 N–H and O–H groups in total. The Bertz CT molecular complexity index is 658. The number of hydrogen-bond acceptors (Lipinski definition) is 5. The van der Waals surface area contributed by atoms with Crippen molar-refractivity contribution in [2.45, 2.75) is 32.7 Å². The van der Waals surface area contributed by atoms with Gasteiger partial charge in [0.2, 0.25) is 0 Å². The highest BCUT2D eigenvalue weighted by Gasteiger charge is 2.51. The van der Waals surface area contributed by atoms with E-state index >= 15 is 0 Å². The molecule has 0 spiro atoms. The van der Waals surface area contributed by atoms with Crippen LogP contribution in [0.15, 0.2) is 0 Å². The zero-order valence-electron chi connectivity index (χ0n) is 12.3. The molecule has 0 amide bonds. The van der Waals surface area contributed by atoms with E-state index in [9.17, 15) is 14.4 Å². The molecule has 2 atom stereocenters. The molecule has 0 unspecified atom stereocenters. The topological polar surface area (TPSA) is 74.6 Å². The second-order valence-corrected chi connectivity index (χ2v) is 5.49. The van der Waals surface area contributed by atoms with Crippen LogP contribution in [0, 0.1) is 12.8 Å². The summed E-state index contributed by atoms with van der Waals surface area (Å²) < 4.78 is 11.4. The lowest BCUT2D eigenvalue weighted by atomic mass is 10.0. The molecule has 1 aromatic rings. The van der Waals surface area contributed by atoms with E-state index in [1.807, 2.05) is 4.57 Å². The van der Waals surface area contributed by atoms with Crippen LogP contribution in [0.4, 0.5) is 0 Å². The van der Waals surface area contributed by atoms with E-state index in [4.69, 9.17) is 9.47 Å². The molecule has 2 heterocycles. The Balaban J connectivity index is 2.11. The molecule has 0 aromatic carbocycles. The monoisotopic (exact) mass is 291 g/mol. The van der Waals surface area contributed by atoms with Crippen LogP contribution in [-0.2, 0) is 20.8 Å². The molecular weight excluding hydrogens is 274 g/mol. The van der Waals surface area contributed by atoms with Gasteiger partial charge in [0.15, 0.2) is 0 Å². The predicted octanol–water partition coefficient (Wildman–Crippen LogP) is 1.45. The Morgan fingerprint density at radius 1 is 1.33 bits per heavy atom. The van der Waals surface area contributed by atoms with Crippen LogP contribution in [-0.4, -0.2) is 36.0 Å². The molecule has 0 bridgehead atoms. The van der Waals surface area contributed by atoms with Crippen LogP contribution in [0.1, 0.15) is 51.4 Å². The molecule has 0 saturated heterocycles. The number of carbonyl (C=O) groups is 3. The third kappa shape index (κ3) is 1.89. The predicted molar refractivity (Wildman–Crippen MR) is 72.3 cm³/mol. The molecule has 1 aliphatic heterocycles. The number of carbonyl (C=O) groups excluding carboxylic acids is 3. The van der Waals surface area contributed by atoms with Gasteiger partial charge in [-0.05, 0) is 31.7 Å². The number of methoxy groups -OCH3 is 1. The van der Waals surface area contributed by atoms with E-state index < -0.39 is 17.7 Å². The van der Waals surface area contributed by atoms with Gasteiger partial charge in [-0.25, -0.2) is 9.59 Å². The molecule has 6 nitrogen and oxygen atoms in total. The standard InChI is InChI=1S/C15H17NO5/c1-4-21-15(19)13(17)10-7(2)11(14(18)20-3)16-6-8-5-9(8)12(10)16/h8-9H,4-6H2,1-3H3/t8-,9-/m1/s1. The van der Waals surface area contributed by atoms with Gasteiger partial charge in [-0.15, -0.1) is 0 Å². The lowest BCUT2D eigenvalue weighted by molar-refractivity contribution is -0.137. The van der Waals surface area contributed by atoms with Gasteiger partial charge in [0.1, 0.15) is 5.69 Å². The molecule has 0 radical (unpaired) electrons. The Morgan fingerprint density at radius 3 is 2.67 bits per heavy atom. The van der Waals surface area contributed by atoms with Crippen LogP contribution < -0.4 is 0 Å². The van der Waals surface area contributed by atoms with E-state index in [-0.39, 0.29) is 12.5 Å². The van der Waals surface area contributed by atoms with Gasteiger partial charge in [0, 0.05) is 18.2 Å². The Hall–Kier alpha value is -2.11. The summed E-state index contributed by atoms with van der Waals surface area (Å²) in [7, 11) is 1.31. The number of rotatable bonds is 4. The third-order valence-electron chi connectivity index (χ3n) is 4.30. The van der Waals surface area contributed by atoms with Crippen molar-refractivity contribution >= 4 is 17.7 Å². The average Bonchev–Trinajstić information content (AvgIpc) is 3.04. The molecule has 6 heteroatoms. The van der Waals surface area contributed by atoms with Gasteiger partial charge in [0.05, 0.1) is 19.3 Å². The normalized spacial score (nSPS) is 21.5. The SMILES string of the molecule is CCOC(=O)C(=O)c1c(C)c(C(=O)OC)n2c1[C@@H]1C[C@@H]1C2. The summed E-state index contributed by atoms with van der Waals surface area (Å²) >= 11 is 0. The van der Waals surface area contributed by atoms with Gasteiger partial charge in [-0.2, -0.15) is 0 Å². The highest BCUT2D eigenvalue weighted by atomic mass is 16.5. The van der Waals surface area contributed by atoms with Crippen molar-refractivity contribution in [1.29, 1.82) is 0 Å². The minimum absolute atomic E-state index is 0.148. The van der Waals surface area contributed by atoms with Crippen molar-refractivity contribution in [3.05, 3.63) is 22.5 Å². The fourth-order valence-corrected chi connectivity index (χ4v) is 3.31. The first-order valence-corrected chi connectivity index (χ1v) is 7.03. The van der Waals surface area contributed by atoms with Crippen LogP contribution in [0.25, 0.3) is 0 Å². The van der Waals surface area contributed by atoms with Gasteiger partial charge in [-0.1, -0.05) is 0 Å². The first kappa shape index (κ1) is 13.9. The van der Waals surface area contributed by atoms with Crippen molar-refractivity contribution in [1.82, 2.24) is 4.57 Å². The average molecular weight is 291 g/mol. The summed E-state index contributed by atoms with van der Waals surface area (Å²) in [6, 6.07) is 0. The van der Waals surface area contributed by atoms with E-state index in [0.29, 0.717) is 29.3 Å². The molecular formula is C15H17NO5. The van der Waals surface area contributed by atoms with Gasteiger partial charge in [-0.3, -0.25) is 4.79 Å². The van der Waals surface area contributed by atoms with Crippen LogP contribution in [0.2, 0.25) is 0 Å². The van der Waals surface area contributed by atoms with E-state index in [0.717, 1.165) is 12.1 Å². The number of ketones is 1. The highest BCUT2D eigenvalue weighted by molar-refractivity contribution is 6.41. The van der Waals surface area contributed by atoms with Crippen LogP contribution in [0.3, 0.4) is 0 Å². The number of aromatic nitrogens is 1. The smallest absolute Gasteiger partial charge is 0.379 e. The minimum Gasteiger partial charge on any atom is -0.464 e. The lowest BCUT2D eigenvalue weighted by Gasteiger charge is -2.06. The Labute approximate surface area is 122 Å². The number of hydrogen-bond donors (Lipinski definition) is 0. The number of nitrogens with zero attached hydrogens (tertiary/aromatic N) is 1.